The summed E-state index contributed by atoms with van der Waals surface area (Å²) >= 11 is 0. The molecule has 0 fully saturated rings. The molecule has 1 atom stereocenters. The van der Waals surface area contributed by atoms with Gasteiger partial charge in [-0.05, 0) is 38.1 Å². The van der Waals surface area contributed by atoms with Gasteiger partial charge in [-0.1, -0.05) is 0 Å². The molecule has 0 aliphatic rings. The van der Waals surface area contributed by atoms with Gasteiger partial charge in [-0.2, -0.15) is 8.42 Å². The molecule has 1 unspecified atom stereocenters. The lowest BCUT2D eigenvalue weighted by atomic mass is 10.3. The summed E-state index contributed by atoms with van der Waals surface area (Å²) in [4.78, 5) is 10.4. The maximum absolute atomic E-state index is 11.7. The van der Waals surface area contributed by atoms with E-state index >= 15 is 0 Å². The van der Waals surface area contributed by atoms with Gasteiger partial charge in [0.2, 0.25) is 0 Å². The molecule has 0 heterocycles. The summed E-state index contributed by atoms with van der Waals surface area (Å²) in [5.74, 6) is -0.813. The average Bonchev–Trinajstić information content (AvgIpc) is 2.29. The van der Waals surface area contributed by atoms with Crippen LogP contribution in [0.25, 0.3) is 0 Å². The van der Waals surface area contributed by atoms with Crippen LogP contribution < -0.4 is 4.74 Å². The zero-order chi connectivity index (χ0) is 13.8. The Morgan fingerprint density at radius 2 is 1.89 bits per heavy atom. The highest BCUT2D eigenvalue weighted by Gasteiger charge is 2.23. The number of ether oxygens (including phenoxy) is 1. The number of hydrogen-bond donors (Lipinski definition) is 1. The lowest BCUT2D eigenvalue weighted by molar-refractivity contribution is -0.144. The van der Waals surface area contributed by atoms with Crippen molar-refractivity contribution in [2.24, 2.45) is 0 Å². The molecule has 1 aromatic carbocycles. The maximum Gasteiger partial charge on any atom is 0.334 e. The van der Waals surface area contributed by atoms with Crippen LogP contribution in [0.4, 0.5) is 0 Å². The van der Waals surface area contributed by atoms with E-state index in [0.717, 1.165) is 6.92 Å². The number of carbonyl (C=O) groups is 1. The predicted molar refractivity (Wildman–Crippen MR) is 63.0 cm³/mol. The molecule has 0 spiro atoms. The summed E-state index contributed by atoms with van der Waals surface area (Å²) in [6.07, 6.45) is -1.43. The van der Waals surface area contributed by atoms with Gasteiger partial charge in [0.05, 0.1) is 11.5 Å². The van der Waals surface area contributed by atoms with Crippen LogP contribution in [-0.4, -0.2) is 32.2 Å². The number of carboxylic acid groups (broad SMARTS) is 1. The van der Waals surface area contributed by atoms with Crippen LogP contribution in [0.2, 0.25) is 0 Å². The largest absolute Gasteiger partial charge is 0.494 e. The number of rotatable bonds is 6. The van der Waals surface area contributed by atoms with Gasteiger partial charge < -0.3 is 9.84 Å². The van der Waals surface area contributed by atoms with Crippen LogP contribution in [0.3, 0.4) is 0 Å². The molecule has 1 rings (SSSR count). The van der Waals surface area contributed by atoms with Crippen LogP contribution in [0, 0.1) is 0 Å². The Kier molecular flexibility index (Phi) is 4.69. The van der Waals surface area contributed by atoms with E-state index in [9.17, 15) is 13.2 Å². The molecule has 0 aliphatic carbocycles. The molecule has 7 heteroatoms. The Morgan fingerprint density at radius 1 is 1.33 bits per heavy atom. The minimum Gasteiger partial charge on any atom is -0.494 e. The van der Waals surface area contributed by atoms with Crippen molar-refractivity contribution in [1.82, 2.24) is 0 Å². The highest BCUT2D eigenvalue weighted by Crippen LogP contribution is 2.18. The van der Waals surface area contributed by atoms with E-state index in [1.807, 2.05) is 6.92 Å². The van der Waals surface area contributed by atoms with E-state index < -0.39 is 22.2 Å². The quantitative estimate of drug-likeness (QED) is 0.785. The number of hydrogen-bond acceptors (Lipinski definition) is 5. The second-order valence-electron chi connectivity index (χ2n) is 3.44. The summed E-state index contributed by atoms with van der Waals surface area (Å²) in [5, 5.41) is 8.60. The number of carboxylic acids is 1. The summed E-state index contributed by atoms with van der Waals surface area (Å²) in [7, 11) is -4.07. The highest BCUT2D eigenvalue weighted by atomic mass is 32.2. The molecule has 100 valence electrons. The zero-order valence-corrected chi connectivity index (χ0v) is 10.8. The Balaban J connectivity index is 2.88. The van der Waals surface area contributed by atoms with Crippen LogP contribution in [0.1, 0.15) is 13.8 Å². The fraction of sp³-hybridized carbons (Fsp3) is 0.364. The van der Waals surface area contributed by atoms with E-state index in [4.69, 9.17) is 9.84 Å². The van der Waals surface area contributed by atoms with Crippen molar-refractivity contribution in [3.8, 4) is 5.75 Å². The average molecular weight is 274 g/mol. The third-order valence-corrected chi connectivity index (χ3v) is 3.43. The van der Waals surface area contributed by atoms with Crippen molar-refractivity contribution < 1.29 is 27.2 Å². The van der Waals surface area contributed by atoms with Gasteiger partial charge in [-0.15, -0.1) is 0 Å². The monoisotopic (exact) mass is 274 g/mol. The molecule has 0 aliphatic heterocycles. The van der Waals surface area contributed by atoms with Crippen molar-refractivity contribution in [3.63, 3.8) is 0 Å². The Hall–Kier alpha value is -1.60. The van der Waals surface area contributed by atoms with Gasteiger partial charge in [0.1, 0.15) is 5.75 Å². The second-order valence-corrected chi connectivity index (χ2v) is 5.01. The lowest BCUT2D eigenvalue weighted by Gasteiger charge is -2.09. The minimum atomic E-state index is -4.07. The van der Waals surface area contributed by atoms with Crippen molar-refractivity contribution in [2.75, 3.05) is 6.61 Å². The van der Waals surface area contributed by atoms with Gasteiger partial charge in [-0.3, -0.25) is 4.18 Å². The first-order valence-corrected chi connectivity index (χ1v) is 6.66. The predicted octanol–water partition coefficient (Wildman–Crippen LogP) is 1.26. The van der Waals surface area contributed by atoms with Crippen molar-refractivity contribution in [3.05, 3.63) is 24.3 Å². The molecular weight excluding hydrogens is 260 g/mol. The molecule has 0 bridgehead atoms. The number of benzene rings is 1. The third kappa shape index (κ3) is 3.71. The van der Waals surface area contributed by atoms with Crippen molar-refractivity contribution >= 4 is 16.1 Å². The summed E-state index contributed by atoms with van der Waals surface area (Å²) in [6, 6.07) is 5.56. The Labute approximate surface area is 105 Å². The van der Waals surface area contributed by atoms with Crippen LogP contribution in [-0.2, 0) is 19.1 Å². The summed E-state index contributed by atoms with van der Waals surface area (Å²) in [6.45, 7) is 3.43. The molecule has 1 N–H and O–H groups in total. The van der Waals surface area contributed by atoms with E-state index in [0.29, 0.717) is 12.4 Å². The summed E-state index contributed by atoms with van der Waals surface area (Å²) in [5.41, 5.74) is 0. The molecule has 18 heavy (non-hydrogen) atoms. The highest BCUT2D eigenvalue weighted by molar-refractivity contribution is 7.86. The molecule has 1 aromatic rings. The van der Waals surface area contributed by atoms with Crippen LogP contribution in [0.15, 0.2) is 29.2 Å². The molecule has 0 saturated carbocycles. The third-order valence-electron chi connectivity index (χ3n) is 2.04. The van der Waals surface area contributed by atoms with E-state index in [-0.39, 0.29) is 4.90 Å². The normalized spacial score (nSPS) is 13.0. The first kappa shape index (κ1) is 14.5. The van der Waals surface area contributed by atoms with Gasteiger partial charge in [-0.25, -0.2) is 4.79 Å². The maximum atomic E-state index is 11.7. The van der Waals surface area contributed by atoms with Crippen molar-refractivity contribution in [2.45, 2.75) is 24.8 Å². The number of aliphatic carboxylic acids is 1. The summed E-state index contributed by atoms with van der Waals surface area (Å²) < 4.78 is 33.1. The van der Waals surface area contributed by atoms with Gasteiger partial charge >= 0.3 is 5.97 Å². The van der Waals surface area contributed by atoms with Gasteiger partial charge in [0.25, 0.3) is 10.1 Å². The molecule has 6 nitrogen and oxygen atoms in total. The fourth-order valence-electron chi connectivity index (χ4n) is 1.16. The van der Waals surface area contributed by atoms with Gasteiger partial charge in [0.15, 0.2) is 6.10 Å². The SMILES string of the molecule is CCOc1ccc(S(=O)(=O)OC(C)C(=O)O)cc1. The fourth-order valence-corrected chi connectivity index (χ4v) is 2.20. The smallest absolute Gasteiger partial charge is 0.334 e. The second kappa shape index (κ2) is 5.83. The molecular formula is C11H14O6S. The minimum absolute atomic E-state index is 0.112. The molecule has 0 amide bonds. The Morgan fingerprint density at radius 3 is 2.33 bits per heavy atom. The zero-order valence-electron chi connectivity index (χ0n) is 9.99. The van der Waals surface area contributed by atoms with E-state index in [1.54, 1.807) is 0 Å². The lowest BCUT2D eigenvalue weighted by Crippen LogP contribution is -2.23. The standard InChI is InChI=1S/C11H14O6S/c1-3-16-9-4-6-10(7-5-9)18(14,15)17-8(2)11(12)13/h4-8H,3H2,1-2H3,(H,12,13). The van der Waals surface area contributed by atoms with Gasteiger partial charge in [0, 0.05) is 0 Å². The molecule has 0 radical (unpaired) electrons. The van der Waals surface area contributed by atoms with Crippen LogP contribution in [0.5, 0.6) is 5.75 Å². The molecule has 0 aromatic heterocycles. The topological polar surface area (TPSA) is 89.9 Å². The first-order valence-electron chi connectivity index (χ1n) is 5.25. The Bertz CT molecular complexity index is 505. The van der Waals surface area contributed by atoms with Crippen molar-refractivity contribution in [1.29, 1.82) is 0 Å². The first-order chi connectivity index (χ1) is 8.36. The molecule has 0 saturated heterocycles. The van der Waals surface area contributed by atoms with E-state index in [1.165, 1.54) is 24.3 Å². The van der Waals surface area contributed by atoms with E-state index in [2.05, 4.69) is 4.18 Å². The van der Waals surface area contributed by atoms with Crippen LogP contribution >= 0.6 is 0 Å².